The zero-order valence-corrected chi connectivity index (χ0v) is 16.9. The summed E-state index contributed by atoms with van der Waals surface area (Å²) in [4.78, 5) is 16.8. The van der Waals surface area contributed by atoms with Crippen molar-refractivity contribution in [3.63, 3.8) is 0 Å². The molecule has 8 nitrogen and oxygen atoms in total. The standard InChI is InChI=1S/C20H20ClN3O5/c1-26-15-10-12(11-16(27-2)18(15)28-3)20(25)22-9-8-17-23-19(24-29-17)13-6-4-5-7-14(13)21/h4-7,10-11H,8-9H2,1-3H3,(H,22,25). The van der Waals surface area contributed by atoms with Crippen molar-refractivity contribution in [3.8, 4) is 28.6 Å². The first-order chi connectivity index (χ1) is 14.1. The van der Waals surface area contributed by atoms with Gasteiger partial charge in [-0.25, -0.2) is 0 Å². The molecule has 3 rings (SSSR count). The molecular formula is C20H20ClN3O5. The third kappa shape index (κ3) is 4.60. The highest BCUT2D eigenvalue weighted by atomic mass is 35.5. The molecule has 0 saturated heterocycles. The normalized spacial score (nSPS) is 10.5. The van der Waals surface area contributed by atoms with E-state index in [2.05, 4.69) is 15.5 Å². The average molecular weight is 418 g/mol. The van der Waals surface area contributed by atoms with E-state index in [-0.39, 0.29) is 5.91 Å². The Hall–Kier alpha value is -3.26. The van der Waals surface area contributed by atoms with Gasteiger partial charge in [0.05, 0.1) is 26.4 Å². The van der Waals surface area contributed by atoms with Crippen molar-refractivity contribution in [2.45, 2.75) is 6.42 Å². The smallest absolute Gasteiger partial charge is 0.251 e. The molecular weight excluding hydrogens is 398 g/mol. The van der Waals surface area contributed by atoms with Crippen molar-refractivity contribution >= 4 is 17.5 Å². The number of benzene rings is 2. The Morgan fingerprint density at radius 2 is 1.79 bits per heavy atom. The Balaban J connectivity index is 1.64. The van der Waals surface area contributed by atoms with Gasteiger partial charge >= 0.3 is 0 Å². The summed E-state index contributed by atoms with van der Waals surface area (Å²) in [5.74, 6) is 1.72. The number of halogens is 1. The number of hydrogen-bond acceptors (Lipinski definition) is 7. The summed E-state index contributed by atoms with van der Waals surface area (Å²) in [6.45, 7) is 0.305. The molecule has 3 aromatic rings. The lowest BCUT2D eigenvalue weighted by atomic mass is 10.1. The van der Waals surface area contributed by atoms with E-state index in [4.69, 9.17) is 30.3 Å². The lowest BCUT2D eigenvalue weighted by Gasteiger charge is -2.14. The summed E-state index contributed by atoms with van der Waals surface area (Å²) >= 11 is 6.14. The van der Waals surface area contributed by atoms with Crippen LogP contribution < -0.4 is 19.5 Å². The van der Waals surface area contributed by atoms with Crippen LogP contribution in [-0.2, 0) is 6.42 Å². The van der Waals surface area contributed by atoms with Crippen molar-refractivity contribution in [1.29, 1.82) is 0 Å². The highest BCUT2D eigenvalue weighted by Gasteiger charge is 2.17. The molecule has 0 aliphatic heterocycles. The number of carbonyl (C=O) groups excluding carboxylic acids is 1. The quantitative estimate of drug-likeness (QED) is 0.600. The minimum Gasteiger partial charge on any atom is -0.493 e. The molecule has 9 heteroatoms. The molecule has 152 valence electrons. The Labute approximate surface area is 172 Å². The number of hydrogen-bond donors (Lipinski definition) is 1. The van der Waals surface area contributed by atoms with Gasteiger partial charge in [-0.15, -0.1) is 0 Å². The van der Waals surface area contributed by atoms with E-state index in [1.165, 1.54) is 21.3 Å². The van der Waals surface area contributed by atoms with Crippen LogP contribution in [0.5, 0.6) is 17.2 Å². The van der Waals surface area contributed by atoms with Gasteiger partial charge in [0.15, 0.2) is 11.5 Å². The number of methoxy groups -OCH3 is 3. The van der Waals surface area contributed by atoms with Crippen LogP contribution in [0, 0.1) is 0 Å². The molecule has 0 saturated carbocycles. The third-order valence-corrected chi connectivity index (χ3v) is 4.46. The lowest BCUT2D eigenvalue weighted by Crippen LogP contribution is -2.25. The van der Waals surface area contributed by atoms with Crippen LogP contribution in [0.25, 0.3) is 11.4 Å². The molecule has 0 aliphatic carbocycles. The number of aromatic nitrogens is 2. The van der Waals surface area contributed by atoms with Crippen molar-refractivity contribution in [2.24, 2.45) is 0 Å². The second-order valence-electron chi connectivity index (χ2n) is 5.91. The van der Waals surface area contributed by atoms with Crippen molar-refractivity contribution in [2.75, 3.05) is 27.9 Å². The number of carbonyl (C=O) groups is 1. The third-order valence-electron chi connectivity index (χ3n) is 4.13. The van der Waals surface area contributed by atoms with Gasteiger partial charge < -0.3 is 24.1 Å². The minimum atomic E-state index is -0.296. The molecule has 1 aromatic heterocycles. The molecule has 29 heavy (non-hydrogen) atoms. The SMILES string of the molecule is COc1cc(C(=O)NCCc2nc(-c3ccccc3Cl)no2)cc(OC)c1OC. The molecule has 0 spiro atoms. The minimum absolute atomic E-state index is 0.296. The zero-order chi connectivity index (χ0) is 20.8. The van der Waals surface area contributed by atoms with Gasteiger partial charge in [-0.1, -0.05) is 28.9 Å². The fourth-order valence-corrected chi connectivity index (χ4v) is 2.93. The predicted molar refractivity (Wildman–Crippen MR) is 107 cm³/mol. The van der Waals surface area contributed by atoms with Crippen molar-refractivity contribution in [1.82, 2.24) is 15.5 Å². The summed E-state index contributed by atoms with van der Waals surface area (Å²) in [6.07, 6.45) is 0.369. The van der Waals surface area contributed by atoms with Gasteiger partial charge in [0.1, 0.15) is 0 Å². The Morgan fingerprint density at radius 1 is 1.10 bits per heavy atom. The van der Waals surface area contributed by atoms with Gasteiger partial charge in [-0.2, -0.15) is 4.98 Å². The molecule has 0 unspecified atom stereocenters. The Bertz CT molecular complexity index is 980. The van der Waals surface area contributed by atoms with Crippen LogP contribution >= 0.6 is 11.6 Å². The van der Waals surface area contributed by atoms with Gasteiger partial charge in [-0.05, 0) is 24.3 Å². The van der Waals surface area contributed by atoms with E-state index in [0.717, 1.165) is 0 Å². The molecule has 0 radical (unpaired) electrons. The van der Waals surface area contributed by atoms with E-state index in [1.807, 2.05) is 18.2 Å². The van der Waals surface area contributed by atoms with Crippen LogP contribution in [0.3, 0.4) is 0 Å². The number of nitrogens with one attached hydrogen (secondary N) is 1. The van der Waals surface area contributed by atoms with Crippen LogP contribution in [0.1, 0.15) is 16.2 Å². The maximum Gasteiger partial charge on any atom is 0.251 e. The summed E-state index contributed by atoms with van der Waals surface area (Å²) in [7, 11) is 4.48. The van der Waals surface area contributed by atoms with E-state index >= 15 is 0 Å². The maximum atomic E-state index is 12.5. The number of nitrogens with zero attached hydrogens (tertiary/aromatic N) is 2. The van der Waals surface area contributed by atoms with E-state index < -0.39 is 0 Å². The van der Waals surface area contributed by atoms with Crippen molar-refractivity contribution < 1.29 is 23.5 Å². The van der Waals surface area contributed by atoms with E-state index in [0.29, 0.717) is 58.1 Å². The molecule has 0 atom stereocenters. The van der Waals surface area contributed by atoms with Crippen LogP contribution in [0.2, 0.25) is 5.02 Å². The zero-order valence-electron chi connectivity index (χ0n) is 16.2. The fraction of sp³-hybridized carbons (Fsp3) is 0.250. The van der Waals surface area contributed by atoms with Gasteiger partial charge in [-0.3, -0.25) is 4.79 Å². The first-order valence-corrected chi connectivity index (χ1v) is 9.10. The van der Waals surface area contributed by atoms with Crippen molar-refractivity contribution in [3.05, 3.63) is 52.9 Å². The Kier molecular flexibility index (Phi) is 6.56. The molecule has 0 fully saturated rings. The number of ether oxygens (including phenoxy) is 3. The second-order valence-corrected chi connectivity index (χ2v) is 6.32. The average Bonchev–Trinajstić information content (AvgIpc) is 3.21. The Morgan fingerprint density at radius 3 is 2.41 bits per heavy atom. The second kappa shape index (κ2) is 9.29. The lowest BCUT2D eigenvalue weighted by molar-refractivity contribution is 0.0952. The van der Waals surface area contributed by atoms with Gasteiger partial charge in [0.2, 0.25) is 17.5 Å². The topological polar surface area (TPSA) is 95.7 Å². The van der Waals surface area contributed by atoms with E-state index in [1.54, 1.807) is 18.2 Å². The molecule has 0 bridgehead atoms. The molecule has 1 N–H and O–H groups in total. The summed E-state index contributed by atoms with van der Waals surface area (Å²) in [6, 6.07) is 10.4. The molecule has 1 heterocycles. The summed E-state index contributed by atoms with van der Waals surface area (Å²) in [5.41, 5.74) is 1.06. The van der Waals surface area contributed by atoms with Gasteiger partial charge in [0, 0.05) is 24.1 Å². The van der Waals surface area contributed by atoms with Gasteiger partial charge in [0.25, 0.3) is 5.91 Å². The van der Waals surface area contributed by atoms with Crippen LogP contribution in [-0.4, -0.2) is 43.9 Å². The molecule has 0 aliphatic rings. The van der Waals surface area contributed by atoms with Crippen LogP contribution in [0.4, 0.5) is 0 Å². The fourth-order valence-electron chi connectivity index (χ4n) is 2.71. The monoisotopic (exact) mass is 417 g/mol. The first kappa shape index (κ1) is 20.5. The largest absolute Gasteiger partial charge is 0.493 e. The highest BCUT2D eigenvalue weighted by Crippen LogP contribution is 2.38. The summed E-state index contributed by atoms with van der Waals surface area (Å²) in [5, 5.41) is 7.28. The summed E-state index contributed by atoms with van der Waals surface area (Å²) < 4.78 is 21.0. The number of rotatable bonds is 8. The van der Waals surface area contributed by atoms with E-state index in [9.17, 15) is 4.79 Å². The first-order valence-electron chi connectivity index (χ1n) is 8.73. The predicted octanol–water partition coefficient (Wildman–Crippen LogP) is 3.39. The highest BCUT2D eigenvalue weighted by molar-refractivity contribution is 6.33. The molecule has 2 aromatic carbocycles. The van der Waals surface area contributed by atoms with Crippen LogP contribution in [0.15, 0.2) is 40.9 Å². The maximum absolute atomic E-state index is 12.5. The molecule has 1 amide bonds. The number of amides is 1.